The molecule has 1 aromatic carbocycles. The van der Waals surface area contributed by atoms with Crippen LogP contribution in [-0.2, 0) is 4.79 Å². The summed E-state index contributed by atoms with van der Waals surface area (Å²) in [6, 6.07) is 8.70. The first kappa shape index (κ1) is 18.6. The fraction of sp³-hybridized carbons (Fsp3) is 0.188. The minimum atomic E-state index is -0.207. The van der Waals surface area contributed by atoms with E-state index in [4.69, 9.17) is 25.5 Å². The molecule has 3 aromatic rings. The molecular weight excluding hydrogens is 398 g/mol. The molecule has 136 valence electrons. The maximum atomic E-state index is 12.1. The van der Waals surface area contributed by atoms with E-state index in [0.717, 1.165) is 16.6 Å². The first-order valence-corrected chi connectivity index (χ1v) is 9.51. The molecule has 0 unspecified atom stereocenters. The van der Waals surface area contributed by atoms with Gasteiger partial charge in [-0.3, -0.25) is 4.79 Å². The van der Waals surface area contributed by atoms with Crippen molar-refractivity contribution in [3.63, 3.8) is 0 Å². The van der Waals surface area contributed by atoms with Gasteiger partial charge in [0.1, 0.15) is 0 Å². The lowest BCUT2D eigenvalue weighted by molar-refractivity contribution is -0.113. The van der Waals surface area contributed by atoms with Crippen LogP contribution in [-0.4, -0.2) is 36.1 Å². The first-order chi connectivity index (χ1) is 12.6. The van der Waals surface area contributed by atoms with Crippen LogP contribution >= 0.6 is 34.7 Å². The zero-order chi connectivity index (χ0) is 18.5. The molecule has 2 aromatic heterocycles. The molecule has 2 heterocycles. The van der Waals surface area contributed by atoms with E-state index >= 15 is 0 Å². The highest BCUT2D eigenvalue weighted by Crippen LogP contribution is 2.32. The summed E-state index contributed by atoms with van der Waals surface area (Å²) < 4.78 is 16.5. The van der Waals surface area contributed by atoms with Gasteiger partial charge >= 0.3 is 0 Å². The molecule has 1 amide bonds. The third kappa shape index (κ3) is 4.48. The van der Waals surface area contributed by atoms with Gasteiger partial charge in [-0.05, 0) is 24.3 Å². The number of thiophene rings is 1. The summed E-state index contributed by atoms with van der Waals surface area (Å²) >= 11 is 8.39. The number of benzene rings is 1. The molecule has 0 atom stereocenters. The number of anilines is 1. The average molecular weight is 412 g/mol. The number of halogens is 1. The van der Waals surface area contributed by atoms with E-state index in [1.165, 1.54) is 18.4 Å². The van der Waals surface area contributed by atoms with Gasteiger partial charge in [0, 0.05) is 11.8 Å². The molecule has 0 radical (unpaired) electrons. The largest absolute Gasteiger partial charge is 0.493 e. The zero-order valence-corrected chi connectivity index (χ0v) is 16.2. The molecule has 26 heavy (non-hydrogen) atoms. The topological polar surface area (TPSA) is 86.5 Å². The van der Waals surface area contributed by atoms with Gasteiger partial charge in [0.15, 0.2) is 11.5 Å². The van der Waals surface area contributed by atoms with E-state index in [1.54, 1.807) is 37.4 Å². The van der Waals surface area contributed by atoms with Crippen LogP contribution in [0.3, 0.4) is 0 Å². The summed E-state index contributed by atoms with van der Waals surface area (Å²) in [5.74, 6) is 1.42. The number of rotatable bonds is 7. The number of aromatic nitrogens is 2. The molecule has 0 spiro atoms. The van der Waals surface area contributed by atoms with Gasteiger partial charge in [-0.15, -0.1) is 21.5 Å². The Kier molecular flexibility index (Phi) is 6.02. The SMILES string of the molecule is COc1ccc(NC(=O)CSc2nnc(-c3ccc(Cl)s3)o2)cc1OC. The van der Waals surface area contributed by atoms with Crippen LogP contribution in [0.4, 0.5) is 5.69 Å². The van der Waals surface area contributed by atoms with Crippen molar-refractivity contribution in [3.8, 4) is 22.3 Å². The highest BCUT2D eigenvalue weighted by Gasteiger charge is 2.13. The van der Waals surface area contributed by atoms with Crippen molar-refractivity contribution in [2.75, 3.05) is 25.3 Å². The first-order valence-electron chi connectivity index (χ1n) is 7.33. The van der Waals surface area contributed by atoms with Crippen molar-refractivity contribution < 1.29 is 18.7 Å². The number of nitrogens with zero attached hydrogens (tertiary/aromatic N) is 2. The maximum absolute atomic E-state index is 12.1. The standard InChI is InChI=1S/C16H14ClN3O4S2/c1-22-10-4-3-9(7-11(10)23-2)18-14(21)8-25-16-20-19-15(24-16)12-5-6-13(17)26-12/h3-7H,8H2,1-2H3,(H,18,21). The van der Waals surface area contributed by atoms with Crippen LogP contribution in [0, 0.1) is 0 Å². The lowest BCUT2D eigenvalue weighted by atomic mass is 10.2. The lowest BCUT2D eigenvalue weighted by Crippen LogP contribution is -2.14. The molecule has 7 nitrogen and oxygen atoms in total. The van der Waals surface area contributed by atoms with Crippen LogP contribution in [0.1, 0.15) is 0 Å². The molecule has 0 bridgehead atoms. The summed E-state index contributed by atoms with van der Waals surface area (Å²) in [5.41, 5.74) is 0.604. The van der Waals surface area contributed by atoms with Crippen molar-refractivity contribution in [3.05, 3.63) is 34.7 Å². The molecule has 0 aliphatic rings. The second kappa shape index (κ2) is 8.43. The lowest BCUT2D eigenvalue weighted by Gasteiger charge is -2.10. The van der Waals surface area contributed by atoms with Crippen molar-refractivity contribution in [1.29, 1.82) is 0 Å². The summed E-state index contributed by atoms with van der Waals surface area (Å²) in [6.45, 7) is 0. The molecule has 10 heteroatoms. The Hall–Kier alpha value is -2.23. The zero-order valence-electron chi connectivity index (χ0n) is 13.8. The summed E-state index contributed by atoms with van der Waals surface area (Å²) in [7, 11) is 3.09. The molecule has 0 fully saturated rings. The van der Waals surface area contributed by atoms with Crippen molar-refractivity contribution in [2.45, 2.75) is 5.22 Å². The van der Waals surface area contributed by atoms with E-state index in [-0.39, 0.29) is 11.7 Å². The molecule has 1 N–H and O–H groups in total. The minimum absolute atomic E-state index is 0.126. The molecule has 0 saturated carbocycles. The third-order valence-corrected chi connectivity index (χ3v) is 5.22. The van der Waals surface area contributed by atoms with Crippen LogP contribution in [0.2, 0.25) is 4.34 Å². The smallest absolute Gasteiger partial charge is 0.277 e. The third-order valence-electron chi connectivity index (χ3n) is 3.18. The summed E-state index contributed by atoms with van der Waals surface area (Å²) in [6.07, 6.45) is 0. The number of carbonyl (C=O) groups is 1. The van der Waals surface area contributed by atoms with E-state index in [2.05, 4.69) is 15.5 Å². The Morgan fingerprint density at radius 3 is 2.73 bits per heavy atom. The Morgan fingerprint density at radius 1 is 1.23 bits per heavy atom. The van der Waals surface area contributed by atoms with Crippen LogP contribution in [0.25, 0.3) is 10.8 Å². The quantitative estimate of drug-likeness (QED) is 0.583. The Morgan fingerprint density at radius 2 is 2.04 bits per heavy atom. The van der Waals surface area contributed by atoms with E-state index < -0.39 is 0 Å². The normalized spacial score (nSPS) is 10.6. The second-order valence-electron chi connectivity index (χ2n) is 4.88. The number of nitrogens with one attached hydrogen (secondary N) is 1. The van der Waals surface area contributed by atoms with Gasteiger partial charge in [-0.25, -0.2) is 0 Å². The number of hydrogen-bond acceptors (Lipinski definition) is 8. The Balaban J connectivity index is 1.57. The second-order valence-corrected chi connectivity index (χ2v) is 7.53. The van der Waals surface area contributed by atoms with Crippen molar-refractivity contribution in [1.82, 2.24) is 10.2 Å². The average Bonchev–Trinajstić information content (AvgIpc) is 3.28. The summed E-state index contributed by atoms with van der Waals surface area (Å²) in [5, 5.41) is 11.0. The predicted molar refractivity (Wildman–Crippen MR) is 102 cm³/mol. The van der Waals surface area contributed by atoms with Crippen molar-refractivity contribution >= 4 is 46.3 Å². The Labute approximate surface area is 162 Å². The van der Waals surface area contributed by atoms with Crippen LogP contribution in [0.15, 0.2) is 40.0 Å². The van der Waals surface area contributed by atoms with Crippen molar-refractivity contribution in [2.24, 2.45) is 0 Å². The minimum Gasteiger partial charge on any atom is -0.493 e. The molecule has 0 saturated heterocycles. The fourth-order valence-corrected chi connectivity index (χ4v) is 3.56. The van der Waals surface area contributed by atoms with Gasteiger partial charge in [0.2, 0.25) is 5.91 Å². The molecular formula is C16H14ClN3O4S2. The van der Waals surface area contributed by atoms with Gasteiger partial charge in [0.05, 0.1) is 29.2 Å². The number of thioether (sulfide) groups is 1. The van der Waals surface area contributed by atoms with Crippen LogP contribution in [0.5, 0.6) is 11.5 Å². The van der Waals surface area contributed by atoms with Gasteiger partial charge in [-0.1, -0.05) is 23.4 Å². The number of methoxy groups -OCH3 is 2. The highest BCUT2D eigenvalue weighted by atomic mass is 35.5. The van der Waals surface area contributed by atoms with E-state index in [9.17, 15) is 4.79 Å². The van der Waals surface area contributed by atoms with Crippen LogP contribution < -0.4 is 14.8 Å². The van der Waals surface area contributed by atoms with Gasteiger partial charge < -0.3 is 19.2 Å². The summed E-state index contributed by atoms with van der Waals surface area (Å²) in [4.78, 5) is 12.9. The number of carbonyl (C=O) groups excluding carboxylic acids is 1. The highest BCUT2D eigenvalue weighted by molar-refractivity contribution is 7.99. The van der Waals surface area contributed by atoms with E-state index in [1.807, 2.05) is 0 Å². The Bertz CT molecular complexity index is 913. The molecule has 3 rings (SSSR count). The van der Waals surface area contributed by atoms with Gasteiger partial charge in [-0.2, -0.15) is 0 Å². The predicted octanol–water partition coefficient (Wildman–Crippen LogP) is 4.20. The maximum Gasteiger partial charge on any atom is 0.277 e. The van der Waals surface area contributed by atoms with E-state index in [0.29, 0.717) is 32.6 Å². The number of amides is 1. The molecule has 0 aliphatic carbocycles. The number of ether oxygens (including phenoxy) is 2. The molecule has 0 aliphatic heterocycles. The van der Waals surface area contributed by atoms with Gasteiger partial charge in [0.25, 0.3) is 11.1 Å². The monoisotopic (exact) mass is 411 g/mol. The number of hydrogen-bond donors (Lipinski definition) is 1. The fourth-order valence-electron chi connectivity index (χ4n) is 2.04.